The maximum atomic E-state index is 4.36. The summed E-state index contributed by atoms with van der Waals surface area (Å²) < 4.78 is 2.06. The first-order valence-corrected chi connectivity index (χ1v) is 4.99. The van der Waals surface area contributed by atoms with E-state index in [9.17, 15) is 0 Å². The molecule has 0 aliphatic rings. The molecule has 0 bridgehead atoms. The van der Waals surface area contributed by atoms with Crippen molar-refractivity contribution in [1.82, 2.24) is 9.78 Å². The van der Waals surface area contributed by atoms with Crippen LogP contribution in [0.2, 0.25) is 0 Å². The van der Waals surface area contributed by atoms with Gasteiger partial charge in [-0.05, 0) is 19.4 Å². The summed E-state index contributed by atoms with van der Waals surface area (Å²) in [4.78, 5) is 0. The van der Waals surface area contributed by atoms with Gasteiger partial charge in [0.1, 0.15) is 0 Å². The van der Waals surface area contributed by atoms with Crippen molar-refractivity contribution in [2.45, 2.75) is 32.1 Å². The Kier molecular flexibility index (Phi) is 3.12. The van der Waals surface area contributed by atoms with Gasteiger partial charge in [0.2, 0.25) is 0 Å². The number of alkyl halides is 1. The summed E-state index contributed by atoms with van der Waals surface area (Å²) in [6, 6.07) is 2.12. The number of halogens is 1. The molecule has 0 aromatic carbocycles. The van der Waals surface area contributed by atoms with Gasteiger partial charge in [0.25, 0.3) is 0 Å². The Morgan fingerprint density at radius 2 is 2.36 bits per heavy atom. The number of aromatic nitrogens is 2. The van der Waals surface area contributed by atoms with Crippen molar-refractivity contribution in [3.63, 3.8) is 0 Å². The summed E-state index contributed by atoms with van der Waals surface area (Å²) in [6.07, 6.45) is 1.14. The van der Waals surface area contributed by atoms with E-state index in [0.717, 1.165) is 24.0 Å². The molecule has 1 aromatic heterocycles. The minimum atomic E-state index is 0.897. The summed E-state index contributed by atoms with van der Waals surface area (Å²) in [5.41, 5.74) is 2.37. The topological polar surface area (TPSA) is 17.8 Å². The highest BCUT2D eigenvalue weighted by Gasteiger charge is 2.01. The van der Waals surface area contributed by atoms with Crippen LogP contribution in [-0.2, 0) is 11.9 Å². The second kappa shape index (κ2) is 3.90. The van der Waals surface area contributed by atoms with Gasteiger partial charge in [-0.2, -0.15) is 5.10 Å². The molecule has 0 radical (unpaired) electrons. The van der Waals surface area contributed by atoms with Crippen LogP contribution in [0, 0.1) is 6.92 Å². The zero-order valence-electron chi connectivity index (χ0n) is 6.97. The minimum absolute atomic E-state index is 0.897. The summed E-state index contributed by atoms with van der Waals surface area (Å²) in [5, 5.41) is 5.25. The Hall–Kier alpha value is -0.310. The van der Waals surface area contributed by atoms with E-state index in [2.05, 4.69) is 38.7 Å². The van der Waals surface area contributed by atoms with Crippen molar-refractivity contribution in [3.8, 4) is 0 Å². The zero-order valence-corrected chi connectivity index (χ0v) is 8.56. The van der Waals surface area contributed by atoms with Crippen molar-refractivity contribution < 1.29 is 0 Å². The number of rotatable bonds is 3. The van der Waals surface area contributed by atoms with E-state index in [1.54, 1.807) is 0 Å². The smallest absolute Gasteiger partial charge is 0.0596 e. The highest BCUT2D eigenvalue weighted by Crippen LogP contribution is 2.08. The second-order valence-corrected chi connectivity index (χ2v) is 3.19. The Morgan fingerprint density at radius 1 is 1.64 bits per heavy atom. The van der Waals surface area contributed by atoms with Gasteiger partial charge >= 0.3 is 0 Å². The van der Waals surface area contributed by atoms with E-state index in [1.807, 2.05) is 6.92 Å². The van der Waals surface area contributed by atoms with E-state index in [1.165, 1.54) is 5.69 Å². The van der Waals surface area contributed by atoms with Crippen molar-refractivity contribution in [2.24, 2.45) is 0 Å². The third kappa shape index (κ3) is 2.06. The number of hydrogen-bond acceptors (Lipinski definition) is 1. The molecule has 0 saturated heterocycles. The third-order valence-corrected chi connectivity index (χ3v) is 2.13. The number of aryl methyl sites for hydroxylation is 2. The third-order valence-electron chi connectivity index (χ3n) is 1.56. The predicted octanol–water partition coefficient (Wildman–Crippen LogP) is 2.50. The van der Waals surface area contributed by atoms with Crippen molar-refractivity contribution >= 4 is 15.9 Å². The molecular weight excluding hydrogens is 204 g/mol. The van der Waals surface area contributed by atoms with Gasteiger partial charge in [0.15, 0.2) is 0 Å². The summed E-state index contributed by atoms with van der Waals surface area (Å²) in [7, 11) is 0. The molecule has 1 rings (SSSR count). The van der Waals surface area contributed by atoms with Gasteiger partial charge in [-0.15, -0.1) is 0 Å². The van der Waals surface area contributed by atoms with Crippen LogP contribution in [0.1, 0.15) is 24.7 Å². The fourth-order valence-corrected chi connectivity index (χ4v) is 1.56. The highest BCUT2D eigenvalue weighted by molar-refractivity contribution is 9.08. The molecule has 0 aliphatic heterocycles. The first kappa shape index (κ1) is 8.78. The van der Waals surface area contributed by atoms with Gasteiger partial charge in [-0.3, -0.25) is 4.68 Å². The molecule has 0 amide bonds. The van der Waals surface area contributed by atoms with Crippen LogP contribution in [0.3, 0.4) is 0 Å². The number of hydrogen-bond donors (Lipinski definition) is 0. The Balaban J connectivity index is 2.83. The van der Waals surface area contributed by atoms with Crippen LogP contribution in [0.15, 0.2) is 6.07 Å². The first-order valence-electron chi connectivity index (χ1n) is 3.87. The lowest BCUT2D eigenvalue weighted by atomic mass is 10.4. The van der Waals surface area contributed by atoms with Crippen LogP contribution in [0.4, 0.5) is 0 Å². The standard InChI is InChI=1S/C8H13BrN2/c1-3-4-11-8(6-9)5-7(2)10-11/h5H,3-4,6H2,1-2H3. The molecule has 2 nitrogen and oxygen atoms in total. The molecule has 0 saturated carbocycles. The largest absolute Gasteiger partial charge is 0.268 e. The predicted molar refractivity (Wildman–Crippen MR) is 49.9 cm³/mol. The molecule has 1 heterocycles. The van der Waals surface area contributed by atoms with Gasteiger partial charge in [-0.1, -0.05) is 22.9 Å². The van der Waals surface area contributed by atoms with Crippen LogP contribution in [0.25, 0.3) is 0 Å². The molecule has 1 aromatic rings. The van der Waals surface area contributed by atoms with E-state index in [0.29, 0.717) is 0 Å². The van der Waals surface area contributed by atoms with Gasteiger partial charge in [0, 0.05) is 17.6 Å². The second-order valence-electron chi connectivity index (χ2n) is 2.63. The minimum Gasteiger partial charge on any atom is -0.268 e. The summed E-state index contributed by atoms with van der Waals surface area (Å²) in [6.45, 7) is 5.21. The van der Waals surface area contributed by atoms with Crippen LogP contribution in [-0.4, -0.2) is 9.78 Å². The molecule has 0 unspecified atom stereocenters. The van der Waals surface area contributed by atoms with Crippen LogP contribution < -0.4 is 0 Å². The van der Waals surface area contributed by atoms with Crippen LogP contribution in [0.5, 0.6) is 0 Å². The quantitative estimate of drug-likeness (QED) is 0.711. The number of nitrogens with zero attached hydrogens (tertiary/aromatic N) is 2. The van der Waals surface area contributed by atoms with Crippen molar-refractivity contribution in [1.29, 1.82) is 0 Å². The average molecular weight is 217 g/mol. The fraction of sp³-hybridized carbons (Fsp3) is 0.625. The highest BCUT2D eigenvalue weighted by atomic mass is 79.9. The van der Waals surface area contributed by atoms with Crippen molar-refractivity contribution in [3.05, 3.63) is 17.5 Å². The Morgan fingerprint density at radius 3 is 2.91 bits per heavy atom. The molecule has 11 heavy (non-hydrogen) atoms. The summed E-state index contributed by atoms with van der Waals surface area (Å²) >= 11 is 3.43. The molecule has 0 spiro atoms. The first-order chi connectivity index (χ1) is 5.27. The summed E-state index contributed by atoms with van der Waals surface area (Å²) in [5.74, 6) is 0. The molecule has 0 atom stereocenters. The molecule has 0 N–H and O–H groups in total. The fourth-order valence-electron chi connectivity index (χ4n) is 1.11. The van der Waals surface area contributed by atoms with Gasteiger partial charge in [-0.25, -0.2) is 0 Å². The normalized spacial score (nSPS) is 10.5. The maximum Gasteiger partial charge on any atom is 0.0596 e. The molecule has 0 aliphatic carbocycles. The van der Waals surface area contributed by atoms with Crippen molar-refractivity contribution in [2.75, 3.05) is 0 Å². The monoisotopic (exact) mass is 216 g/mol. The van der Waals surface area contributed by atoms with E-state index < -0.39 is 0 Å². The lowest BCUT2D eigenvalue weighted by molar-refractivity contribution is 0.582. The zero-order chi connectivity index (χ0) is 8.27. The van der Waals surface area contributed by atoms with E-state index in [4.69, 9.17) is 0 Å². The molecule has 3 heteroatoms. The van der Waals surface area contributed by atoms with Crippen LogP contribution >= 0.6 is 15.9 Å². The van der Waals surface area contributed by atoms with Gasteiger partial charge < -0.3 is 0 Å². The SMILES string of the molecule is CCCn1nc(C)cc1CBr. The maximum absolute atomic E-state index is 4.36. The Labute approximate surface area is 75.7 Å². The van der Waals surface area contributed by atoms with E-state index >= 15 is 0 Å². The van der Waals surface area contributed by atoms with Gasteiger partial charge in [0.05, 0.1) is 5.69 Å². The molecule has 0 fully saturated rings. The average Bonchev–Trinajstić information content (AvgIpc) is 2.32. The molecule has 62 valence electrons. The Bertz CT molecular complexity index is 230. The lowest BCUT2D eigenvalue weighted by Crippen LogP contribution is -2.02. The van der Waals surface area contributed by atoms with E-state index in [-0.39, 0.29) is 0 Å². The lowest BCUT2D eigenvalue weighted by Gasteiger charge is -2.01. The molecular formula is C8H13BrN2.